The van der Waals surface area contributed by atoms with Gasteiger partial charge in [0.1, 0.15) is 5.65 Å². The number of hydrogen-bond donors (Lipinski definition) is 0. The minimum atomic E-state index is -0.405. The summed E-state index contributed by atoms with van der Waals surface area (Å²) in [5, 5.41) is 0. The maximum atomic E-state index is 13.6. The van der Waals surface area contributed by atoms with Gasteiger partial charge in [0.15, 0.2) is 0 Å². The number of carbonyl (C=O) groups is 2. The summed E-state index contributed by atoms with van der Waals surface area (Å²) >= 11 is 1.52. The van der Waals surface area contributed by atoms with Gasteiger partial charge in [-0.2, -0.15) is 0 Å². The van der Waals surface area contributed by atoms with Crippen molar-refractivity contribution >= 4 is 35.0 Å². The highest BCUT2D eigenvalue weighted by atomic mass is 32.2. The van der Waals surface area contributed by atoms with E-state index in [9.17, 15) is 9.59 Å². The molecule has 0 N–H and O–H groups in total. The van der Waals surface area contributed by atoms with E-state index in [2.05, 4.69) is 4.98 Å². The van der Waals surface area contributed by atoms with Crippen LogP contribution in [-0.2, 0) is 11.3 Å². The average Bonchev–Trinajstić information content (AvgIpc) is 3.16. The molecule has 0 radical (unpaired) electrons. The number of anilines is 1. The van der Waals surface area contributed by atoms with E-state index < -0.39 is 5.97 Å². The van der Waals surface area contributed by atoms with E-state index >= 15 is 0 Å². The average molecular weight is 430 g/mol. The highest BCUT2D eigenvalue weighted by Gasteiger charge is 2.29. The lowest BCUT2D eigenvalue weighted by molar-refractivity contribution is 0.0526. The first-order valence-electron chi connectivity index (χ1n) is 9.96. The molecule has 6 nitrogen and oxygen atoms in total. The van der Waals surface area contributed by atoms with Crippen LogP contribution in [0, 0.1) is 0 Å². The molecule has 0 saturated heterocycles. The molecule has 4 aromatic rings. The van der Waals surface area contributed by atoms with Crippen molar-refractivity contribution in [2.45, 2.75) is 23.3 Å². The minimum absolute atomic E-state index is 0.125. The van der Waals surface area contributed by atoms with Crippen molar-refractivity contribution in [1.29, 1.82) is 0 Å². The molecular weight excluding hydrogens is 410 g/mol. The predicted octanol–water partition coefficient (Wildman–Crippen LogP) is 4.82. The fraction of sp³-hybridized carbons (Fsp3) is 0.125. The van der Waals surface area contributed by atoms with Crippen molar-refractivity contribution in [3.8, 4) is 0 Å². The molecule has 0 aliphatic carbocycles. The highest BCUT2D eigenvalue weighted by Crippen LogP contribution is 2.42. The van der Waals surface area contributed by atoms with Crippen LogP contribution in [0.15, 0.2) is 82.8 Å². The normalized spacial score (nSPS) is 12.9. The SMILES string of the molecule is CCOC(=O)c1ccc2c(c1)N(Cc1cn3ccccc3n1)C(=O)c1ccccc1S2. The Bertz CT molecular complexity index is 1280. The van der Waals surface area contributed by atoms with E-state index in [0.29, 0.717) is 23.4 Å². The van der Waals surface area contributed by atoms with E-state index in [1.807, 2.05) is 65.3 Å². The smallest absolute Gasteiger partial charge is 0.338 e. The molecule has 0 bridgehead atoms. The van der Waals surface area contributed by atoms with Crippen molar-refractivity contribution in [1.82, 2.24) is 9.38 Å². The van der Waals surface area contributed by atoms with Gasteiger partial charge in [-0.05, 0) is 49.4 Å². The Kier molecular flexibility index (Phi) is 4.95. The number of imidazole rings is 1. The molecule has 5 rings (SSSR count). The third-order valence-corrected chi connectivity index (χ3v) is 6.22. The van der Waals surface area contributed by atoms with Gasteiger partial charge in [-0.15, -0.1) is 0 Å². The third kappa shape index (κ3) is 3.57. The zero-order valence-electron chi connectivity index (χ0n) is 16.8. The number of benzene rings is 2. The molecule has 0 unspecified atom stereocenters. The number of nitrogens with zero attached hydrogens (tertiary/aromatic N) is 3. The van der Waals surface area contributed by atoms with Gasteiger partial charge in [-0.25, -0.2) is 9.78 Å². The molecule has 154 valence electrons. The number of ether oxygens (including phenoxy) is 1. The topological polar surface area (TPSA) is 63.9 Å². The molecule has 0 saturated carbocycles. The largest absolute Gasteiger partial charge is 0.462 e. The minimum Gasteiger partial charge on any atom is -0.462 e. The van der Waals surface area contributed by atoms with Gasteiger partial charge in [0, 0.05) is 22.2 Å². The van der Waals surface area contributed by atoms with Crippen molar-refractivity contribution < 1.29 is 14.3 Å². The second-order valence-electron chi connectivity index (χ2n) is 7.09. The number of carbonyl (C=O) groups excluding carboxylic acids is 2. The first-order valence-corrected chi connectivity index (χ1v) is 10.8. The van der Waals surface area contributed by atoms with Gasteiger partial charge in [-0.3, -0.25) is 4.79 Å². The lowest BCUT2D eigenvalue weighted by atomic mass is 10.1. The second-order valence-corrected chi connectivity index (χ2v) is 8.17. The summed E-state index contributed by atoms with van der Waals surface area (Å²) in [5.74, 6) is -0.530. The summed E-state index contributed by atoms with van der Waals surface area (Å²) in [7, 11) is 0. The lowest BCUT2D eigenvalue weighted by Crippen LogP contribution is -2.30. The Hall–Kier alpha value is -3.58. The van der Waals surface area contributed by atoms with E-state index in [4.69, 9.17) is 4.74 Å². The van der Waals surface area contributed by atoms with Gasteiger partial charge in [0.05, 0.1) is 35.7 Å². The molecule has 0 spiro atoms. The van der Waals surface area contributed by atoms with E-state index in [0.717, 1.165) is 21.1 Å². The Morgan fingerprint density at radius 2 is 1.90 bits per heavy atom. The number of rotatable bonds is 4. The predicted molar refractivity (Wildman–Crippen MR) is 119 cm³/mol. The Labute approximate surface area is 183 Å². The monoisotopic (exact) mass is 429 g/mol. The maximum Gasteiger partial charge on any atom is 0.338 e. The van der Waals surface area contributed by atoms with Gasteiger partial charge in [0.2, 0.25) is 0 Å². The number of amides is 1. The summed E-state index contributed by atoms with van der Waals surface area (Å²) in [6, 6.07) is 18.7. The summed E-state index contributed by atoms with van der Waals surface area (Å²) in [6.45, 7) is 2.35. The zero-order valence-corrected chi connectivity index (χ0v) is 17.6. The summed E-state index contributed by atoms with van der Waals surface area (Å²) in [4.78, 5) is 34.1. The molecule has 3 heterocycles. The number of pyridine rings is 1. The molecule has 2 aromatic carbocycles. The van der Waals surface area contributed by atoms with Crippen LogP contribution in [0.2, 0.25) is 0 Å². The molecule has 0 fully saturated rings. The first-order chi connectivity index (χ1) is 15.1. The molecular formula is C24H19N3O3S. The van der Waals surface area contributed by atoms with Crippen molar-refractivity contribution in [2.24, 2.45) is 0 Å². The Balaban J connectivity index is 1.62. The Morgan fingerprint density at radius 1 is 1.06 bits per heavy atom. The fourth-order valence-electron chi connectivity index (χ4n) is 3.64. The number of hydrogen-bond acceptors (Lipinski definition) is 5. The standard InChI is InChI=1S/C24H19N3O3S/c1-2-30-24(29)16-10-11-21-19(13-16)27(23(28)18-7-3-4-8-20(18)31-21)15-17-14-26-12-6-5-9-22(26)25-17/h3-14H,2,15H2,1H3. The van der Waals surface area contributed by atoms with Gasteiger partial charge in [-0.1, -0.05) is 30.0 Å². The second kappa shape index (κ2) is 7.92. The lowest BCUT2D eigenvalue weighted by Gasteiger charge is -2.22. The van der Waals surface area contributed by atoms with Crippen LogP contribution in [0.4, 0.5) is 5.69 Å². The number of aromatic nitrogens is 2. The molecule has 1 aliphatic rings. The highest BCUT2D eigenvalue weighted by molar-refractivity contribution is 7.99. The summed E-state index contributed by atoms with van der Waals surface area (Å²) in [6.07, 6.45) is 3.84. The van der Waals surface area contributed by atoms with Gasteiger partial charge < -0.3 is 14.0 Å². The van der Waals surface area contributed by atoms with Crippen LogP contribution in [-0.4, -0.2) is 27.9 Å². The summed E-state index contributed by atoms with van der Waals surface area (Å²) in [5.41, 5.74) is 3.30. The van der Waals surface area contributed by atoms with Crippen molar-refractivity contribution in [3.05, 3.63) is 89.9 Å². The number of fused-ring (bicyclic) bond motifs is 3. The van der Waals surface area contributed by atoms with E-state index in [1.165, 1.54) is 11.8 Å². The number of esters is 1. The quantitative estimate of drug-likeness (QED) is 0.435. The molecule has 0 atom stereocenters. The van der Waals surface area contributed by atoms with Crippen LogP contribution in [0.25, 0.3) is 5.65 Å². The van der Waals surface area contributed by atoms with Crippen LogP contribution in [0.5, 0.6) is 0 Å². The van der Waals surface area contributed by atoms with Crippen molar-refractivity contribution in [2.75, 3.05) is 11.5 Å². The zero-order chi connectivity index (χ0) is 21.4. The Morgan fingerprint density at radius 3 is 2.74 bits per heavy atom. The van der Waals surface area contributed by atoms with Crippen LogP contribution < -0.4 is 4.90 Å². The summed E-state index contributed by atoms with van der Waals surface area (Å²) < 4.78 is 7.09. The van der Waals surface area contributed by atoms with Crippen LogP contribution in [0.1, 0.15) is 33.3 Å². The molecule has 2 aromatic heterocycles. The van der Waals surface area contributed by atoms with Crippen molar-refractivity contribution in [3.63, 3.8) is 0 Å². The van der Waals surface area contributed by atoms with E-state index in [-0.39, 0.29) is 12.5 Å². The maximum absolute atomic E-state index is 13.6. The fourth-order valence-corrected chi connectivity index (χ4v) is 4.70. The molecule has 1 aliphatic heterocycles. The third-order valence-electron chi connectivity index (χ3n) is 5.08. The molecule has 7 heteroatoms. The molecule has 1 amide bonds. The van der Waals surface area contributed by atoms with Crippen LogP contribution >= 0.6 is 11.8 Å². The first kappa shape index (κ1) is 19.4. The van der Waals surface area contributed by atoms with E-state index in [1.54, 1.807) is 24.0 Å². The van der Waals surface area contributed by atoms with Crippen LogP contribution in [0.3, 0.4) is 0 Å². The molecule has 31 heavy (non-hydrogen) atoms. The van der Waals surface area contributed by atoms with Gasteiger partial charge >= 0.3 is 5.97 Å². The van der Waals surface area contributed by atoms with Gasteiger partial charge in [0.25, 0.3) is 5.91 Å².